The monoisotopic (exact) mass is 433 g/mol. The van der Waals surface area contributed by atoms with Gasteiger partial charge < -0.3 is 8.98 Å². The number of benzene rings is 1. The van der Waals surface area contributed by atoms with Gasteiger partial charge in [0.15, 0.2) is 0 Å². The first-order chi connectivity index (χ1) is 16.1. The summed E-state index contributed by atoms with van der Waals surface area (Å²) in [7, 11) is 0. The van der Waals surface area contributed by atoms with Crippen molar-refractivity contribution in [1.82, 2.24) is 24.5 Å². The number of hydrogen-bond donors (Lipinski definition) is 0. The van der Waals surface area contributed by atoms with Crippen LogP contribution >= 0.6 is 0 Å². The molecule has 0 aliphatic heterocycles. The maximum Gasteiger partial charge on any atom is 0.229 e. The second-order valence-electron chi connectivity index (χ2n) is 8.74. The molecule has 162 valence electrons. The summed E-state index contributed by atoms with van der Waals surface area (Å²) in [6.07, 6.45) is 3.77. The lowest BCUT2D eigenvalue weighted by atomic mass is 10.1. The fourth-order valence-electron chi connectivity index (χ4n) is 4.26. The molecule has 6 aromatic rings. The number of pyridine rings is 3. The maximum absolute atomic E-state index is 5.89. The van der Waals surface area contributed by atoms with E-state index in [1.54, 1.807) is 0 Å². The van der Waals surface area contributed by atoms with Gasteiger partial charge in [0.25, 0.3) is 0 Å². The van der Waals surface area contributed by atoms with Gasteiger partial charge in [-0.05, 0) is 42.7 Å². The van der Waals surface area contributed by atoms with Crippen LogP contribution in [0.1, 0.15) is 36.7 Å². The highest BCUT2D eigenvalue weighted by atomic mass is 16.3. The zero-order valence-corrected chi connectivity index (χ0v) is 18.8. The number of fused-ring (bicyclic) bond motifs is 4. The van der Waals surface area contributed by atoms with Crippen LogP contribution in [-0.4, -0.2) is 24.5 Å². The van der Waals surface area contributed by atoms with Crippen molar-refractivity contribution in [3.8, 4) is 11.4 Å². The molecule has 0 N–H and O–H groups in total. The van der Waals surface area contributed by atoms with Gasteiger partial charge in [-0.25, -0.2) is 15.0 Å². The Morgan fingerprint density at radius 2 is 1.73 bits per heavy atom. The van der Waals surface area contributed by atoms with E-state index < -0.39 is 0 Å². The number of aryl methyl sites for hydroxylation is 1. The Bertz CT molecular complexity index is 1630. The number of rotatable bonds is 4. The van der Waals surface area contributed by atoms with Gasteiger partial charge in [-0.2, -0.15) is 0 Å². The van der Waals surface area contributed by atoms with E-state index in [1.165, 1.54) is 5.56 Å². The quantitative estimate of drug-likeness (QED) is 0.328. The number of hydrogen-bond acceptors (Lipinski definition) is 5. The predicted molar refractivity (Wildman–Crippen MR) is 130 cm³/mol. The van der Waals surface area contributed by atoms with Crippen LogP contribution in [0.2, 0.25) is 0 Å². The van der Waals surface area contributed by atoms with Gasteiger partial charge in [0.1, 0.15) is 5.82 Å². The Hall–Kier alpha value is -4.06. The molecule has 0 aliphatic rings. The maximum atomic E-state index is 5.89. The minimum absolute atomic E-state index is 0.336. The summed E-state index contributed by atoms with van der Waals surface area (Å²) in [6, 6.07) is 18.6. The number of imidazole rings is 1. The zero-order valence-electron chi connectivity index (χ0n) is 18.8. The molecule has 6 nitrogen and oxygen atoms in total. The van der Waals surface area contributed by atoms with Crippen LogP contribution in [0.25, 0.3) is 44.6 Å². The molecule has 0 bridgehead atoms. The molecule has 0 fully saturated rings. The lowest BCUT2D eigenvalue weighted by Crippen LogP contribution is -2.03. The summed E-state index contributed by atoms with van der Waals surface area (Å²) in [5.41, 5.74) is 7.23. The highest BCUT2D eigenvalue weighted by Crippen LogP contribution is 2.32. The molecule has 6 rings (SSSR count). The summed E-state index contributed by atoms with van der Waals surface area (Å²) in [4.78, 5) is 18.9. The van der Waals surface area contributed by atoms with Gasteiger partial charge in [-0.1, -0.05) is 44.2 Å². The molecule has 6 heteroatoms. The molecule has 0 atom stereocenters. The standard InChI is InChI=1S/C27H23N5O/c1-16(2)22-12-23-24(14-28-22)32(15-18-7-5-4-6-8-18)25(31-23)19-11-21-20-10-9-17(3)30-27(20)33-26(21)29-13-19/h4-14,16H,15H2,1-3H3. The van der Waals surface area contributed by atoms with Gasteiger partial charge >= 0.3 is 0 Å². The lowest BCUT2D eigenvalue weighted by molar-refractivity contribution is 0.639. The van der Waals surface area contributed by atoms with Gasteiger partial charge in [-0.3, -0.25) is 4.98 Å². The fraction of sp³-hybridized carbons (Fsp3) is 0.185. The molecule has 5 aromatic heterocycles. The third-order valence-corrected chi connectivity index (χ3v) is 6.02. The summed E-state index contributed by atoms with van der Waals surface area (Å²) in [5, 5.41) is 1.90. The summed E-state index contributed by atoms with van der Waals surface area (Å²) < 4.78 is 8.11. The number of aromatic nitrogens is 5. The van der Waals surface area contributed by atoms with E-state index in [9.17, 15) is 0 Å². The second-order valence-corrected chi connectivity index (χ2v) is 8.74. The molecule has 0 saturated carbocycles. The molecule has 33 heavy (non-hydrogen) atoms. The molecular formula is C27H23N5O. The fourth-order valence-corrected chi connectivity index (χ4v) is 4.26. The van der Waals surface area contributed by atoms with E-state index in [0.29, 0.717) is 23.9 Å². The first-order valence-corrected chi connectivity index (χ1v) is 11.1. The molecule has 0 saturated heterocycles. The van der Waals surface area contributed by atoms with Crippen LogP contribution in [0.15, 0.2) is 71.4 Å². The lowest BCUT2D eigenvalue weighted by Gasteiger charge is -2.10. The predicted octanol–water partition coefficient (Wildman–Crippen LogP) is 6.27. The van der Waals surface area contributed by atoms with Crippen molar-refractivity contribution in [2.45, 2.75) is 33.2 Å². The van der Waals surface area contributed by atoms with Crippen molar-refractivity contribution in [2.24, 2.45) is 0 Å². The highest BCUT2D eigenvalue weighted by molar-refractivity contribution is 6.03. The molecule has 0 amide bonds. The Balaban J connectivity index is 1.57. The molecule has 1 aromatic carbocycles. The third kappa shape index (κ3) is 3.35. The minimum Gasteiger partial charge on any atom is -0.419 e. The first kappa shape index (κ1) is 19.6. The van der Waals surface area contributed by atoms with Gasteiger partial charge in [0.05, 0.1) is 22.6 Å². The Morgan fingerprint density at radius 1 is 0.879 bits per heavy atom. The van der Waals surface area contributed by atoms with E-state index in [1.807, 2.05) is 37.5 Å². The number of nitrogens with zero attached hydrogens (tertiary/aromatic N) is 5. The van der Waals surface area contributed by atoms with Crippen molar-refractivity contribution in [1.29, 1.82) is 0 Å². The van der Waals surface area contributed by atoms with Gasteiger partial charge in [0.2, 0.25) is 11.4 Å². The van der Waals surface area contributed by atoms with E-state index in [0.717, 1.165) is 44.6 Å². The smallest absolute Gasteiger partial charge is 0.229 e. The van der Waals surface area contributed by atoms with Crippen molar-refractivity contribution in [3.05, 3.63) is 83.9 Å². The Kier molecular flexibility index (Phi) is 4.47. The summed E-state index contributed by atoms with van der Waals surface area (Å²) in [5.74, 6) is 1.20. The highest BCUT2D eigenvalue weighted by Gasteiger charge is 2.18. The third-order valence-electron chi connectivity index (χ3n) is 6.02. The Morgan fingerprint density at radius 3 is 2.55 bits per heavy atom. The zero-order chi connectivity index (χ0) is 22.5. The topological polar surface area (TPSA) is 69.6 Å². The normalized spacial score (nSPS) is 11.9. The minimum atomic E-state index is 0.336. The second kappa shape index (κ2) is 7.52. The van der Waals surface area contributed by atoms with Crippen molar-refractivity contribution >= 4 is 33.2 Å². The van der Waals surface area contributed by atoms with Crippen LogP contribution in [0, 0.1) is 6.92 Å². The van der Waals surface area contributed by atoms with Crippen molar-refractivity contribution in [3.63, 3.8) is 0 Å². The summed E-state index contributed by atoms with van der Waals surface area (Å²) >= 11 is 0. The van der Waals surface area contributed by atoms with Crippen molar-refractivity contribution < 1.29 is 4.42 Å². The average molecular weight is 434 g/mol. The van der Waals surface area contributed by atoms with E-state index >= 15 is 0 Å². The molecule has 0 spiro atoms. The molecule has 0 unspecified atom stereocenters. The van der Waals surface area contributed by atoms with Crippen LogP contribution < -0.4 is 0 Å². The van der Waals surface area contributed by atoms with Crippen LogP contribution in [0.3, 0.4) is 0 Å². The van der Waals surface area contributed by atoms with Crippen LogP contribution in [0.5, 0.6) is 0 Å². The first-order valence-electron chi connectivity index (χ1n) is 11.1. The van der Waals surface area contributed by atoms with Gasteiger partial charge in [-0.15, -0.1) is 0 Å². The summed E-state index contributed by atoms with van der Waals surface area (Å²) in [6.45, 7) is 6.94. The largest absolute Gasteiger partial charge is 0.419 e. The molecular weight excluding hydrogens is 410 g/mol. The van der Waals surface area contributed by atoms with Crippen LogP contribution in [-0.2, 0) is 6.54 Å². The average Bonchev–Trinajstić information content (AvgIpc) is 3.36. The molecule has 0 radical (unpaired) electrons. The van der Waals surface area contributed by atoms with Gasteiger partial charge in [0, 0.05) is 35.1 Å². The van der Waals surface area contributed by atoms with E-state index in [4.69, 9.17) is 14.4 Å². The number of furan rings is 1. The van der Waals surface area contributed by atoms with Crippen molar-refractivity contribution in [2.75, 3.05) is 0 Å². The SMILES string of the molecule is Cc1ccc2c(n1)oc1ncc(-c3nc4cc(C(C)C)ncc4n3Cc3ccccc3)cc12. The Labute approximate surface area is 191 Å². The van der Waals surface area contributed by atoms with Crippen LogP contribution in [0.4, 0.5) is 0 Å². The van der Waals surface area contributed by atoms with E-state index in [-0.39, 0.29) is 0 Å². The van der Waals surface area contributed by atoms with E-state index in [2.05, 4.69) is 64.8 Å². The molecule has 0 aliphatic carbocycles. The molecule has 5 heterocycles.